The van der Waals surface area contributed by atoms with E-state index in [1.54, 1.807) is 11.3 Å². The Morgan fingerprint density at radius 2 is 2.15 bits per heavy atom. The van der Waals surface area contributed by atoms with Gasteiger partial charge in [-0.1, -0.05) is 30.3 Å². The molecule has 1 aliphatic heterocycles. The van der Waals surface area contributed by atoms with Crippen LogP contribution in [0.2, 0.25) is 0 Å². The van der Waals surface area contributed by atoms with Crippen molar-refractivity contribution in [2.24, 2.45) is 0 Å². The number of rotatable bonds is 5. The number of nitrogens with one attached hydrogen (secondary N) is 2. The van der Waals surface area contributed by atoms with Gasteiger partial charge in [0.05, 0.1) is 30.0 Å². The van der Waals surface area contributed by atoms with Gasteiger partial charge in [-0.05, 0) is 19.0 Å². The number of carbonyl (C=O) groups is 1. The molecule has 1 amide bonds. The third-order valence-electron chi connectivity index (χ3n) is 4.32. The van der Waals surface area contributed by atoms with Crippen LogP contribution in [0.1, 0.15) is 23.5 Å². The van der Waals surface area contributed by atoms with Gasteiger partial charge in [-0.2, -0.15) is 5.10 Å². The summed E-state index contributed by atoms with van der Waals surface area (Å²) in [6.07, 6.45) is 1.37. The molecule has 2 N–H and O–H groups in total. The van der Waals surface area contributed by atoms with E-state index in [2.05, 4.69) is 26.8 Å². The van der Waals surface area contributed by atoms with Crippen molar-refractivity contribution in [2.45, 2.75) is 32.5 Å². The second-order valence-corrected chi connectivity index (χ2v) is 7.20. The van der Waals surface area contributed by atoms with Gasteiger partial charge < -0.3 is 10.6 Å². The van der Waals surface area contributed by atoms with Crippen LogP contribution < -0.4 is 10.6 Å². The van der Waals surface area contributed by atoms with Crippen molar-refractivity contribution in [3.05, 3.63) is 58.9 Å². The molecule has 0 bridgehead atoms. The number of thiazole rings is 1. The Labute approximate surface area is 156 Å². The van der Waals surface area contributed by atoms with E-state index in [4.69, 9.17) is 0 Å². The summed E-state index contributed by atoms with van der Waals surface area (Å²) in [7, 11) is 0. The number of nitrogens with zero attached hydrogens (tertiary/aromatic N) is 3. The van der Waals surface area contributed by atoms with Crippen molar-refractivity contribution >= 4 is 17.2 Å². The maximum atomic E-state index is 12.2. The molecule has 0 saturated carbocycles. The normalized spacial score (nSPS) is 13.8. The lowest BCUT2D eigenvalue weighted by Crippen LogP contribution is -2.25. The number of amides is 1. The molecule has 0 saturated heterocycles. The maximum absolute atomic E-state index is 12.2. The van der Waals surface area contributed by atoms with E-state index in [1.165, 1.54) is 5.69 Å². The molecule has 1 aliphatic rings. The summed E-state index contributed by atoms with van der Waals surface area (Å²) >= 11 is 1.57. The monoisotopic (exact) mass is 367 g/mol. The Balaban J connectivity index is 1.33. The number of fused-ring (bicyclic) bond motifs is 1. The van der Waals surface area contributed by atoms with Crippen LogP contribution in [-0.2, 0) is 30.8 Å². The highest BCUT2D eigenvalue weighted by Crippen LogP contribution is 2.23. The summed E-state index contributed by atoms with van der Waals surface area (Å²) in [6.45, 7) is 3.24. The van der Waals surface area contributed by atoms with Gasteiger partial charge in [-0.25, -0.2) is 4.98 Å². The first-order valence-corrected chi connectivity index (χ1v) is 9.69. The van der Waals surface area contributed by atoms with Gasteiger partial charge >= 0.3 is 0 Å². The van der Waals surface area contributed by atoms with E-state index >= 15 is 0 Å². The van der Waals surface area contributed by atoms with Gasteiger partial charge in [0.15, 0.2) is 0 Å². The van der Waals surface area contributed by atoms with Crippen molar-refractivity contribution in [1.29, 1.82) is 0 Å². The zero-order chi connectivity index (χ0) is 17.8. The predicted octanol–water partition coefficient (Wildman–Crippen LogP) is 2.36. The smallest absolute Gasteiger partial charge is 0.226 e. The van der Waals surface area contributed by atoms with Crippen LogP contribution in [-0.4, -0.2) is 27.2 Å². The van der Waals surface area contributed by atoms with Crippen LogP contribution in [0.4, 0.5) is 0 Å². The van der Waals surface area contributed by atoms with Crippen LogP contribution in [0.3, 0.4) is 0 Å². The average molecular weight is 367 g/mol. The fraction of sp³-hybridized carbons (Fsp3) is 0.316. The molecule has 3 aromatic rings. The Kier molecular flexibility index (Phi) is 5.08. The molecule has 0 aliphatic carbocycles. The van der Waals surface area contributed by atoms with Crippen molar-refractivity contribution < 1.29 is 4.79 Å². The summed E-state index contributed by atoms with van der Waals surface area (Å²) in [5, 5.41) is 13.8. The molecule has 0 fully saturated rings. The molecule has 134 valence electrons. The lowest BCUT2D eigenvalue weighted by atomic mass is 10.2. The lowest BCUT2D eigenvalue weighted by molar-refractivity contribution is -0.120. The molecule has 1 aromatic carbocycles. The summed E-state index contributed by atoms with van der Waals surface area (Å²) < 4.78 is 2.04. The number of carbonyl (C=O) groups excluding carboxylic acids is 1. The first-order chi connectivity index (χ1) is 12.8. The summed E-state index contributed by atoms with van der Waals surface area (Å²) in [5.74, 6) is -0.0313. The number of hydrogen-bond acceptors (Lipinski definition) is 5. The molecule has 3 heterocycles. The number of aromatic nitrogens is 3. The van der Waals surface area contributed by atoms with Gasteiger partial charge in [0.2, 0.25) is 5.91 Å². The standard InChI is InChI=1S/C19H21N5OS/c25-18(10-16-13-26-19(22-16)14-5-2-1-3-6-14)21-11-15-9-17-12-20-7-4-8-24(17)23-15/h1-3,5-6,9,13,20H,4,7-8,10-12H2,(H,21,25). The largest absolute Gasteiger partial charge is 0.350 e. The lowest BCUT2D eigenvalue weighted by Gasteiger charge is -2.02. The van der Waals surface area contributed by atoms with Crippen molar-refractivity contribution in [3.8, 4) is 10.6 Å². The Hall–Kier alpha value is -2.51. The minimum Gasteiger partial charge on any atom is -0.350 e. The fourth-order valence-electron chi connectivity index (χ4n) is 3.03. The molecule has 6 nitrogen and oxygen atoms in total. The van der Waals surface area contributed by atoms with Gasteiger partial charge in [0.25, 0.3) is 0 Å². The van der Waals surface area contributed by atoms with Crippen LogP contribution >= 0.6 is 11.3 Å². The van der Waals surface area contributed by atoms with E-state index in [9.17, 15) is 4.79 Å². The van der Waals surface area contributed by atoms with Gasteiger partial charge in [-0.3, -0.25) is 9.48 Å². The second kappa shape index (κ2) is 7.80. The van der Waals surface area contributed by atoms with Crippen LogP contribution in [0.15, 0.2) is 41.8 Å². The highest BCUT2D eigenvalue weighted by molar-refractivity contribution is 7.13. The molecule has 4 rings (SSSR count). The fourth-order valence-corrected chi connectivity index (χ4v) is 3.85. The number of hydrogen-bond donors (Lipinski definition) is 2. The summed E-state index contributed by atoms with van der Waals surface area (Å²) in [4.78, 5) is 16.8. The SMILES string of the molecule is O=C(Cc1csc(-c2ccccc2)n1)NCc1cc2n(n1)CCCNC2. The third kappa shape index (κ3) is 4.00. The summed E-state index contributed by atoms with van der Waals surface area (Å²) in [5.41, 5.74) is 3.97. The topological polar surface area (TPSA) is 71.8 Å². The Bertz CT molecular complexity index is 863. The van der Waals surface area contributed by atoms with E-state index < -0.39 is 0 Å². The molecule has 0 unspecified atom stereocenters. The molecule has 2 aromatic heterocycles. The second-order valence-electron chi connectivity index (χ2n) is 6.34. The Morgan fingerprint density at radius 3 is 3.04 bits per heavy atom. The third-order valence-corrected chi connectivity index (χ3v) is 5.26. The van der Waals surface area contributed by atoms with Crippen LogP contribution in [0.5, 0.6) is 0 Å². The predicted molar refractivity (Wildman–Crippen MR) is 102 cm³/mol. The average Bonchev–Trinajstić information content (AvgIpc) is 3.22. The van der Waals surface area contributed by atoms with E-state index in [0.717, 1.165) is 48.0 Å². The molecule has 26 heavy (non-hydrogen) atoms. The quantitative estimate of drug-likeness (QED) is 0.726. The van der Waals surface area contributed by atoms with E-state index in [0.29, 0.717) is 13.0 Å². The highest BCUT2D eigenvalue weighted by atomic mass is 32.1. The molecular formula is C19H21N5OS. The van der Waals surface area contributed by atoms with E-state index in [1.807, 2.05) is 40.4 Å². The zero-order valence-corrected chi connectivity index (χ0v) is 15.3. The first kappa shape index (κ1) is 16.9. The molecular weight excluding hydrogens is 346 g/mol. The molecule has 0 spiro atoms. The summed E-state index contributed by atoms with van der Waals surface area (Å²) in [6, 6.07) is 12.1. The van der Waals surface area contributed by atoms with Crippen molar-refractivity contribution in [3.63, 3.8) is 0 Å². The maximum Gasteiger partial charge on any atom is 0.226 e. The van der Waals surface area contributed by atoms with Gasteiger partial charge in [-0.15, -0.1) is 11.3 Å². The van der Waals surface area contributed by atoms with Gasteiger partial charge in [0, 0.05) is 24.0 Å². The van der Waals surface area contributed by atoms with Crippen molar-refractivity contribution in [2.75, 3.05) is 6.54 Å². The molecule has 0 atom stereocenters. The van der Waals surface area contributed by atoms with Crippen LogP contribution in [0, 0.1) is 0 Å². The number of benzene rings is 1. The number of aryl methyl sites for hydroxylation is 1. The van der Waals surface area contributed by atoms with Crippen molar-refractivity contribution in [1.82, 2.24) is 25.4 Å². The van der Waals surface area contributed by atoms with E-state index in [-0.39, 0.29) is 5.91 Å². The molecule has 0 radical (unpaired) electrons. The minimum atomic E-state index is -0.0313. The minimum absolute atomic E-state index is 0.0313. The Morgan fingerprint density at radius 1 is 1.27 bits per heavy atom. The first-order valence-electron chi connectivity index (χ1n) is 8.81. The van der Waals surface area contributed by atoms with Gasteiger partial charge in [0.1, 0.15) is 5.01 Å². The molecule has 7 heteroatoms. The van der Waals surface area contributed by atoms with Crippen LogP contribution in [0.25, 0.3) is 10.6 Å². The highest BCUT2D eigenvalue weighted by Gasteiger charge is 2.12. The zero-order valence-electron chi connectivity index (χ0n) is 14.4.